The van der Waals surface area contributed by atoms with Crippen molar-refractivity contribution >= 4 is 11.6 Å². The molecule has 0 saturated carbocycles. The first-order valence-corrected chi connectivity index (χ1v) is 6.57. The molecule has 4 nitrogen and oxygen atoms in total. The number of hydrogen-bond donors (Lipinski definition) is 0. The molecule has 2 aromatic rings. The van der Waals surface area contributed by atoms with Gasteiger partial charge in [0.15, 0.2) is 0 Å². The summed E-state index contributed by atoms with van der Waals surface area (Å²) < 4.78 is 5.05. The molecule has 5 heteroatoms. The second-order valence-electron chi connectivity index (χ2n) is 4.24. The van der Waals surface area contributed by atoms with Crippen molar-refractivity contribution in [3.05, 3.63) is 34.9 Å². The average molecular weight is 278 g/mol. The summed E-state index contributed by atoms with van der Waals surface area (Å²) in [4.78, 5) is 13.1. The van der Waals surface area contributed by atoms with Gasteiger partial charge in [0, 0.05) is 29.8 Å². The maximum Gasteiger partial charge on any atom is 0.212 e. The third-order valence-corrected chi connectivity index (χ3v) is 3.19. The summed E-state index contributed by atoms with van der Waals surface area (Å²) in [5.41, 5.74) is 2.62. The Kier molecular flexibility index (Phi) is 4.32. The molecule has 0 spiro atoms. The lowest BCUT2D eigenvalue weighted by Gasteiger charge is -2.09. The minimum Gasteiger partial charge on any atom is -0.481 e. The molecule has 0 unspecified atom stereocenters. The molecule has 0 saturated heterocycles. The first-order chi connectivity index (χ1) is 9.15. The topological polar surface area (TPSA) is 47.9 Å². The van der Waals surface area contributed by atoms with Gasteiger partial charge in [-0.2, -0.15) is 0 Å². The van der Waals surface area contributed by atoms with Gasteiger partial charge in [-0.1, -0.05) is 18.5 Å². The maximum atomic E-state index is 6.17. The molecular weight excluding hydrogens is 262 g/mol. The zero-order valence-corrected chi connectivity index (χ0v) is 12.0. The summed E-state index contributed by atoms with van der Waals surface area (Å²) in [5, 5.41) is 0.504. The number of halogens is 1. The van der Waals surface area contributed by atoms with Gasteiger partial charge in [-0.25, -0.2) is 15.0 Å². The van der Waals surface area contributed by atoms with E-state index in [0.717, 1.165) is 35.5 Å². The van der Waals surface area contributed by atoms with Gasteiger partial charge in [0.1, 0.15) is 11.0 Å². The smallest absolute Gasteiger partial charge is 0.212 e. The van der Waals surface area contributed by atoms with Crippen LogP contribution in [0.5, 0.6) is 5.88 Å². The normalized spacial score (nSPS) is 10.5. The summed E-state index contributed by atoms with van der Waals surface area (Å²) in [6.45, 7) is 4.00. The minimum atomic E-state index is 0.504. The number of ether oxygens (including phenoxy) is 1. The van der Waals surface area contributed by atoms with E-state index in [2.05, 4.69) is 21.9 Å². The van der Waals surface area contributed by atoms with Crippen molar-refractivity contribution in [2.45, 2.75) is 26.7 Å². The molecule has 0 aliphatic heterocycles. The van der Waals surface area contributed by atoms with Gasteiger partial charge in [-0.3, -0.25) is 0 Å². The van der Waals surface area contributed by atoms with E-state index in [-0.39, 0.29) is 0 Å². The van der Waals surface area contributed by atoms with Crippen LogP contribution in [-0.2, 0) is 6.42 Å². The van der Waals surface area contributed by atoms with Crippen LogP contribution < -0.4 is 4.74 Å². The van der Waals surface area contributed by atoms with Crippen LogP contribution in [0, 0.1) is 6.92 Å². The van der Waals surface area contributed by atoms with E-state index in [1.54, 1.807) is 13.3 Å². The largest absolute Gasteiger partial charge is 0.481 e. The monoisotopic (exact) mass is 277 g/mol. The molecule has 19 heavy (non-hydrogen) atoms. The molecule has 2 heterocycles. The molecule has 0 atom stereocenters. The van der Waals surface area contributed by atoms with Crippen molar-refractivity contribution in [2.75, 3.05) is 7.11 Å². The molecule has 0 aliphatic rings. The third-order valence-electron chi connectivity index (χ3n) is 2.83. The van der Waals surface area contributed by atoms with Crippen molar-refractivity contribution in [1.29, 1.82) is 0 Å². The van der Waals surface area contributed by atoms with E-state index in [9.17, 15) is 0 Å². The van der Waals surface area contributed by atoms with Gasteiger partial charge >= 0.3 is 0 Å². The van der Waals surface area contributed by atoms with E-state index in [0.29, 0.717) is 11.0 Å². The SMILES string of the molecule is CCCc1nc(Cl)c(C)c(-c2ccc(OC)nc2)n1. The highest BCUT2D eigenvalue weighted by molar-refractivity contribution is 6.30. The predicted molar refractivity (Wildman–Crippen MR) is 75.6 cm³/mol. The molecule has 0 aromatic carbocycles. The Morgan fingerprint density at radius 2 is 2.05 bits per heavy atom. The van der Waals surface area contributed by atoms with Gasteiger partial charge in [-0.05, 0) is 19.4 Å². The van der Waals surface area contributed by atoms with E-state index in [1.165, 1.54) is 0 Å². The molecule has 0 aliphatic carbocycles. The van der Waals surface area contributed by atoms with E-state index < -0.39 is 0 Å². The highest BCUT2D eigenvalue weighted by atomic mass is 35.5. The van der Waals surface area contributed by atoms with Crippen LogP contribution in [0.1, 0.15) is 24.7 Å². The minimum absolute atomic E-state index is 0.504. The Hall–Kier alpha value is -1.68. The highest BCUT2D eigenvalue weighted by Crippen LogP contribution is 2.26. The average Bonchev–Trinajstić information content (AvgIpc) is 2.43. The van der Waals surface area contributed by atoms with Crippen LogP contribution in [0.15, 0.2) is 18.3 Å². The van der Waals surface area contributed by atoms with Crippen LogP contribution in [-0.4, -0.2) is 22.1 Å². The fourth-order valence-corrected chi connectivity index (χ4v) is 1.98. The van der Waals surface area contributed by atoms with Crippen LogP contribution in [0.4, 0.5) is 0 Å². The van der Waals surface area contributed by atoms with Gasteiger partial charge in [0.25, 0.3) is 0 Å². The zero-order chi connectivity index (χ0) is 13.8. The van der Waals surface area contributed by atoms with Crippen molar-refractivity contribution in [3.63, 3.8) is 0 Å². The Morgan fingerprint density at radius 3 is 2.63 bits per heavy atom. The van der Waals surface area contributed by atoms with Crippen LogP contribution in [0.25, 0.3) is 11.3 Å². The number of aromatic nitrogens is 3. The number of methoxy groups -OCH3 is 1. The molecular formula is C14H16ClN3O. The van der Waals surface area contributed by atoms with Crippen molar-refractivity contribution < 1.29 is 4.74 Å². The lowest BCUT2D eigenvalue weighted by molar-refractivity contribution is 0.398. The fourth-order valence-electron chi connectivity index (χ4n) is 1.79. The molecule has 2 aromatic heterocycles. The van der Waals surface area contributed by atoms with Crippen LogP contribution in [0.3, 0.4) is 0 Å². The molecule has 0 bridgehead atoms. The predicted octanol–water partition coefficient (Wildman–Crippen LogP) is 3.46. The molecule has 0 radical (unpaired) electrons. The van der Waals surface area contributed by atoms with Gasteiger partial charge in [0.05, 0.1) is 12.8 Å². The maximum absolute atomic E-state index is 6.17. The van der Waals surface area contributed by atoms with Crippen LogP contribution in [0.2, 0.25) is 5.15 Å². The first kappa shape index (κ1) is 13.7. The lowest BCUT2D eigenvalue weighted by atomic mass is 10.1. The quantitative estimate of drug-likeness (QED) is 0.803. The molecule has 0 fully saturated rings. The first-order valence-electron chi connectivity index (χ1n) is 6.19. The Labute approximate surface area is 117 Å². The zero-order valence-electron chi connectivity index (χ0n) is 11.3. The van der Waals surface area contributed by atoms with E-state index >= 15 is 0 Å². The second-order valence-corrected chi connectivity index (χ2v) is 4.60. The standard InChI is InChI=1S/C14H16ClN3O/c1-4-5-11-17-13(9(2)14(15)18-11)10-6-7-12(19-3)16-8-10/h6-8H,4-5H2,1-3H3. The van der Waals surface area contributed by atoms with E-state index in [4.69, 9.17) is 16.3 Å². The summed E-state index contributed by atoms with van der Waals surface area (Å²) in [7, 11) is 1.59. The summed E-state index contributed by atoms with van der Waals surface area (Å²) in [6, 6.07) is 3.73. The Balaban J connectivity index is 2.47. The van der Waals surface area contributed by atoms with Crippen LogP contribution >= 0.6 is 11.6 Å². The van der Waals surface area contributed by atoms with Gasteiger partial charge in [0.2, 0.25) is 5.88 Å². The number of hydrogen-bond acceptors (Lipinski definition) is 4. The van der Waals surface area contributed by atoms with Crippen molar-refractivity contribution in [3.8, 4) is 17.1 Å². The Bertz CT molecular complexity index is 570. The Morgan fingerprint density at radius 1 is 1.26 bits per heavy atom. The third kappa shape index (κ3) is 3.01. The van der Waals surface area contributed by atoms with Crippen molar-refractivity contribution in [1.82, 2.24) is 15.0 Å². The van der Waals surface area contributed by atoms with Crippen molar-refractivity contribution in [2.24, 2.45) is 0 Å². The molecule has 0 N–H and O–H groups in total. The molecule has 2 rings (SSSR count). The number of rotatable bonds is 4. The molecule has 0 amide bonds. The number of aryl methyl sites for hydroxylation is 1. The number of pyridine rings is 1. The summed E-state index contributed by atoms with van der Waals surface area (Å²) >= 11 is 6.17. The fraction of sp³-hybridized carbons (Fsp3) is 0.357. The highest BCUT2D eigenvalue weighted by Gasteiger charge is 2.11. The van der Waals surface area contributed by atoms with E-state index in [1.807, 2.05) is 19.1 Å². The lowest BCUT2D eigenvalue weighted by Crippen LogP contribution is -2.01. The number of nitrogens with zero attached hydrogens (tertiary/aromatic N) is 3. The van der Waals surface area contributed by atoms with Gasteiger partial charge < -0.3 is 4.74 Å². The summed E-state index contributed by atoms with van der Waals surface area (Å²) in [5.74, 6) is 1.35. The summed E-state index contributed by atoms with van der Waals surface area (Å²) in [6.07, 6.45) is 3.54. The molecule has 100 valence electrons. The second kappa shape index (κ2) is 5.97. The van der Waals surface area contributed by atoms with Gasteiger partial charge in [-0.15, -0.1) is 0 Å².